The fourth-order valence-corrected chi connectivity index (χ4v) is 2.44. The molecule has 1 unspecified atom stereocenters. The van der Waals surface area contributed by atoms with E-state index in [1.54, 1.807) is 0 Å². The number of hydrogen-bond acceptors (Lipinski definition) is 1. The summed E-state index contributed by atoms with van der Waals surface area (Å²) in [6, 6.07) is 9.35. The van der Waals surface area contributed by atoms with E-state index in [4.69, 9.17) is 0 Å². The Balaban J connectivity index is 1.77. The highest BCUT2D eigenvalue weighted by molar-refractivity contribution is 5.79. The quantitative estimate of drug-likeness (QED) is 0.753. The summed E-state index contributed by atoms with van der Waals surface area (Å²) in [7, 11) is 0. The van der Waals surface area contributed by atoms with Gasteiger partial charge in [-0.15, -0.1) is 0 Å². The van der Waals surface area contributed by atoms with Gasteiger partial charge >= 0.3 is 0 Å². The van der Waals surface area contributed by atoms with Crippen LogP contribution in [-0.2, 0) is 6.54 Å². The summed E-state index contributed by atoms with van der Waals surface area (Å²) in [6.45, 7) is 7.84. The monoisotopic (exact) mass is 258 g/mol. The van der Waals surface area contributed by atoms with Gasteiger partial charge in [-0.2, -0.15) is 0 Å². The minimum atomic E-state index is 0.598. The number of aromatic nitrogens is 1. The number of fused-ring (bicyclic) bond motifs is 1. The van der Waals surface area contributed by atoms with E-state index in [0.29, 0.717) is 6.04 Å². The van der Waals surface area contributed by atoms with E-state index in [1.807, 2.05) is 6.20 Å². The van der Waals surface area contributed by atoms with Crippen molar-refractivity contribution in [3.63, 3.8) is 0 Å². The fraction of sp³-hybridized carbons (Fsp3) is 0.529. The van der Waals surface area contributed by atoms with Gasteiger partial charge in [0.2, 0.25) is 0 Å². The van der Waals surface area contributed by atoms with E-state index >= 15 is 0 Å². The molecule has 104 valence electrons. The predicted molar refractivity (Wildman–Crippen MR) is 83.3 cm³/mol. The second kappa shape index (κ2) is 6.76. The largest absolute Gasteiger partial charge is 0.361 e. The van der Waals surface area contributed by atoms with Crippen molar-refractivity contribution in [3.8, 4) is 0 Å². The minimum Gasteiger partial charge on any atom is -0.361 e. The summed E-state index contributed by atoms with van der Waals surface area (Å²) in [5, 5.41) is 4.92. The van der Waals surface area contributed by atoms with Gasteiger partial charge in [0, 0.05) is 24.3 Å². The molecule has 1 atom stereocenters. The van der Waals surface area contributed by atoms with Gasteiger partial charge in [0.05, 0.1) is 0 Å². The molecule has 0 spiro atoms. The smallest absolute Gasteiger partial charge is 0.0454 e. The van der Waals surface area contributed by atoms with Crippen molar-refractivity contribution in [1.82, 2.24) is 10.3 Å². The van der Waals surface area contributed by atoms with Crippen molar-refractivity contribution in [1.29, 1.82) is 0 Å². The van der Waals surface area contributed by atoms with E-state index in [-0.39, 0.29) is 0 Å². The molecule has 1 aromatic heterocycles. The molecule has 0 saturated heterocycles. The summed E-state index contributed by atoms with van der Waals surface area (Å²) in [5.41, 5.74) is 2.58. The molecule has 2 rings (SSSR count). The lowest BCUT2D eigenvalue weighted by molar-refractivity contribution is 0.457. The number of H-pyrrole nitrogens is 1. The maximum absolute atomic E-state index is 3.62. The van der Waals surface area contributed by atoms with Crippen LogP contribution in [0.4, 0.5) is 0 Å². The molecular formula is C17H26N2. The van der Waals surface area contributed by atoms with Crippen LogP contribution in [0, 0.1) is 5.92 Å². The molecule has 0 aliphatic heterocycles. The van der Waals surface area contributed by atoms with Crippen molar-refractivity contribution in [3.05, 3.63) is 36.0 Å². The van der Waals surface area contributed by atoms with Crippen LogP contribution < -0.4 is 5.32 Å². The first-order valence-electron chi connectivity index (χ1n) is 7.44. The molecule has 2 nitrogen and oxygen atoms in total. The van der Waals surface area contributed by atoms with Crippen molar-refractivity contribution in [2.45, 2.75) is 52.6 Å². The van der Waals surface area contributed by atoms with Gasteiger partial charge in [-0.1, -0.05) is 32.8 Å². The maximum Gasteiger partial charge on any atom is 0.0454 e. The highest BCUT2D eigenvalue weighted by Crippen LogP contribution is 2.14. The molecule has 1 aromatic carbocycles. The molecule has 2 aromatic rings. The normalized spacial score (nSPS) is 13.3. The van der Waals surface area contributed by atoms with Crippen LogP contribution >= 0.6 is 0 Å². The summed E-state index contributed by atoms with van der Waals surface area (Å²) < 4.78 is 0. The lowest BCUT2D eigenvalue weighted by Gasteiger charge is -2.14. The summed E-state index contributed by atoms with van der Waals surface area (Å²) in [6.07, 6.45) is 5.92. The van der Waals surface area contributed by atoms with Gasteiger partial charge in [0.25, 0.3) is 0 Å². The first-order chi connectivity index (χ1) is 9.15. The van der Waals surface area contributed by atoms with E-state index in [9.17, 15) is 0 Å². The second-order valence-corrected chi connectivity index (χ2v) is 6.01. The first-order valence-corrected chi connectivity index (χ1v) is 7.44. The number of rotatable bonds is 7. The molecule has 2 heteroatoms. The molecule has 0 amide bonds. The van der Waals surface area contributed by atoms with Gasteiger partial charge < -0.3 is 10.3 Å². The number of hydrogen-bond donors (Lipinski definition) is 2. The predicted octanol–water partition coefficient (Wildman–Crippen LogP) is 4.47. The van der Waals surface area contributed by atoms with Crippen molar-refractivity contribution in [2.75, 3.05) is 0 Å². The Morgan fingerprint density at radius 2 is 1.95 bits per heavy atom. The molecular weight excluding hydrogens is 232 g/mol. The topological polar surface area (TPSA) is 27.8 Å². The second-order valence-electron chi connectivity index (χ2n) is 6.01. The third-order valence-electron chi connectivity index (χ3n) is 3.69. The molecule has 1 heterocycles. The van der Waals surface area contributed by atoms with Crippen LogP contribution in [0.1, 0.15) is 45.6 Å². The Morgan fingerprint density at radius 3 is 2.74 bits per heavy atom. The zero-order chi connectivity index (χ0) is 13.7. The zero-order valence-electron chi connectivity index (χ0n) is 12.4. The van der Waals surface area contributed by atoms with E-state index in [1.165, 1.54) is 35.7 Å². The van der Waals surface area contributed by atoms with Crippen LogP contribution in [0.5, 0.6) is 0 Å². The van der Waals surface area contributed by atoms with Crippen molar-refractivity contribution < 1.29 is 0 Å². The molecule has 2 N–H and O–H groups in total. The van der Waals surface area contributed by atoms with Crippen molar-refractivity contribution >= 4 is 10.9 Å². The van der Waals surface area contributed by atoms with Gasteiger partial charge in [-0.3, -0.25) is 0 Å². The standard InChI is InChI=1S/C17H26N2/c1-13(2)5-4-6-14(3)19-12-15-7-8-17-16(11-15)9-10-18-17/h7-11,13-14,18-19H,4-6,12H2,1-3H3. The SMILES string of the molecule is CC(C)CCCC(C)NCc1ccc2[nH]ccc2c1. The third kappa shape index (κ3) is 4.39. The number of nitrogens with one attached hydrogen (secondary N) is 2. The molecule has 0 fully saturated rings. The Labute approximate surface area is 116 Å². The highest BCUT2D eigenvalue weighted by Gasteiger charge is 2.03. The van der Waals surface area contributed by atoms with Crippen LogP contribution in [0.15, 0.2) is 30.5 Å². The number of aromatic amines is 1. The van der Waals surface area contributed by atoms with Crippen LogP contribution in [-0.4, -0.2) is 11.0 Å². The van der Waals surface area contributed by atoms with Crippen molar-refractivity contribution in [2.24, 2.45) is 5.92 Å². The van der Waals surface area contributed by atoms with Gasteiger partial charge in [0.15, 0.2) is 0 Å². The maximum atomic E-state index is 3.62. The molecule has 0 saturated carbocycles. The highest BCUT2D eigenvalue weighted by atomic mass is 14.9. The van der Waals surface area contributed by atoms with Gasteiger partial charge in [-0.05, 0) is 48.4 Å². The molecule has 0 radical (unpaired) electrons. The van der Waals surface area contributed by atoms with Gasteiger partial charge in [-0.25, -0.2) is 0 Å². The van der Waals surface area contributed by atoms with E-state index in [2.05, 4.69) is 55.3 Å². The lowest BCUT2D eigenvalue weighted by Crippen LogP contribution is -2.25. The summed E-state index contributed by atoms with van der Waals surface area (Å²) in [4.78, 5) is 3.23. The van der Waals surface area contributed by atoms with Gasteiger partial charge in [0.1, 0.15) is 0 Å². The van der Waals surface area contributed by atoms with Crippen LogP contribution in [0.2, 0.25) is 0 Å². The average Bonchev–Trinajstić information content (AvgIpc) is 2.83. The van der Waals surface area contributed by atoms with E-state index in [0.717, 1.165) is 12.5 Å². The summed E-state index contributed by atoms with van der Waals surface area (Å²) >= 11 is 0. The zero-order valence-corrected chi connectivity index (χ0v) is 12.4. The van der Waals surface area contributed by atoms with Crippen LogP contribution in [0.25, 0.3) is 10.9 Å². The molecule has 0 bridgehead atoms. The fourth-order valence-electron chi connectivity index (χ4n) is 2.44. The number of benzene rings is 1. The average molecular weight is 258 g/mol. The third-order valence-corrected chi connectivity index (χ3v) is 3.69. The van der Waals surface area contributed by atoms with Crippen LogP contribution in [0.3, 0.4) is 0 Å². The Kier molecular flexibility index (Phi) is 5.03. The molecule has 19 heavy (non-hydrogen) atoms. The molecule has 0 aliphatic carbocycles. The van der Waals surface area contributed by atoms with E-state index < -0.39 is 0 Å². The Hall–Kier alpha value is -1.28. The Morgan fingerprint density at radius 1 is 1.11 bits per heavy atom. The lowest BCUT2D eigenvalue weighted by atomic mass is 10.0. The summed E-state index contributed by atoms with van der Waals surface area (Å²) in [5.74, 6) is 0.822. The molecule has 0 aliphatic rings. The first kappa shape index (κ1) is 14.1. The Bertz CT molecular complexity index is 499. The minimum absolute atomic E-state index is 0.598.